The molecule has 0 saturated carbocycles. The fourth-order valence-corrected chi connectivity index (χ4v) is 4.23. The maximum Gasteiger partial charge on any atom is 0.217 e. The first kappa shape index (κ1) is 18.1. The Morgan fingerprint density at radius 2 is 1.83 bits per heavy atom. The predicted octanol–water partition coefficient (Wildman–Crippen LogP) is 5.90. The molecule has 146 valence electrons. The van der Waals surface area contributed by atoms with Gasteiger partial charge in [0.2, 0.25) is 6.23 Å². The summed E-state index contributed by atoms with van der Waals surface area (Å²) in [5.74, 6) is 1.62. The number of rotatable bonds is 3. The van der Waals surface area contributed by atoms with Crippen LogP contribution in [0, 0.1) is 6.92 Å². The number of hydrazone groups is 1. The molecule has 0 bridgehead atoms. The van der Waals surface area contributed by atoms with Crippen molar-refractivity contribution >= 4 is 17.3 Å². The number of hydrogen-bond donors (Lipinski definition) is 0. The predicted molar refractivity (Wildman–Crippen MR) is 115 cm³/mol. The lowest BCUT2D eigenvalue weighted by Crippen LogP contribution is -2.33. The number of hydrogen-bond acceptors (Lipinski definition) is 4. The first-order valence-electron chi connectivity index (χ1n) is 9.66. The zero-order valence-corrected chi connectivity index (χ0v) is 17.1. The fourth-order valence-electron chi connectivity index (χ4n) is 4.05. The highest BCUT2D eigenvalue weighted by atomic mass is 35.5. The third kappa shape index (κ3) is 3.14. The molecule has 3 aromatic rings. The zero-order valence-electron chi connectivity index (χ0n) is 16.3. The fraction of sp³-hybridized carbons (Fsp3) is 0.208. The van der Waals surface area contributed by atoms with E-state index in [1.807, 2.05) is 47.5 Å². The van der Waals surface area contributed by atoms with Gasteiger partial charge in [-0.2, -0.15) is 5.10 Å². The van der Waals surface area contributed by atoms with E-state index < -0.39 is 0 Å². The molecule has 2 atom stereocenters. The van der Waals surface area contributed by atoms with Crippen LogP contribution in [0.2, 0.25) is 5.02 Å². The Kier molecular flexibility index (Phi) is 4.44. The van der Waals surface area contributed by atoms with Crippen LogP contribution >= 0.6 is 11.6 Å². The Labute approximate surface area is 175 Å². The van der Waals surface area contributed by atoms with Crippen molar-refractivity contribution in [3.63, 3.8) is 0 Å². The summed E-state index contributed by atoms with van der Waals surface area (Å²) in [4.78, 5) is 0. The third-order valence-corrected chi connectivity index (χ3v) is 5.78. The zero-order chi connectivity index (χ0) is 20.0. The quantitative estimate of drug-likeness (QED) is 0.545. The lowest BCUT2D eigenvalue weighted by Gasteiger charge is -2.38. The maximum absolute atomic E-state index is 6.41. The normalized spacial score (nSPS) is 19.8. The molecule has 0 saturated heterocycles. The van der Waals surface area contributed by atoms with Gasteiger partial charge in [-0.15, -0.1) is 0 Å². The molecule has 0 unspecified atom stereocenters. The van der Waals surface area contributed by atoms with Gasteiger partial charge in [-0.05, 0) is 42.8 Å². The van der Waals surface area contributed by atoms with Gasteiger partial charge < -0.3 is 9.47 Å². The highest BCUT2D eigenvalue weighted by Gasteiger charge is 2.42. The molecule has 5 rings (SSSR count). The van der Waals surface area contributed by atoms with Crippen molar-refractivity contribution in [1.82, 2.24) is 5.01 Å². The van der Waals surface area contributed by atoms with Gasteiger partial charge in [0.1, 0.15) is 11.5 Å². The van der Waals surface area contributed by atoms with E-state index in [-0.39, 0.29) is 12.3 Å². The molecule has 0 spiro atoms. The summed E-state index contributed by atoms with van der Waals surface area (Å²) in [6.07, 6.45) is 0.429. The Morgan fingerprint density at radius 1 is 1.03 bits per heavy atom. The summed E-state index contributed by atoms with van der Waals surface area (Å²) in [6.45, 7) is 2.09. The number of para-hydroxylation sites is 1. The highest BCUT2D eigenvalue weighted by Crippen LogP contribution is 2.49. The minimum atomic E-state index is -0.368. The van der Waals surface area contributed by atoms with Crippen LogP contribution in [0.3, 0.4) is 0 Å². The van der Waals surface area contributed by atoms with Gasteiger partial charge in [-0.1, -0.05) is 53.6 Å². The smallest absolute Gasteiger partial charge is 0.217 e. The number of ether oxygens (including phenoxy) is 2. The van der Waals surface area contributed by atoms with Crippen LogP contribution < -0.4 is 9.47 Å². The van der Waals surface area contributed by atoms with Crippen molar-refractivity contribution < 1.29 is 9.47 Å². The molecule has 29 heavy (non-hydrogen) atoms. The lowest BCUT2D eigenvalue weighted by molar-refractivity contribution is -0.0203. The molecule has 0 aliphatic carbocycles. The molecule has 4 nitrogen and oxygen atoms in total. The van der Waals surface area contributed by atoms with Crippen molar-refractivity contribution in [3.8, 4) is 11.5 Å². The van der Waals surface area contributed by atoms with E-state index in [1.54, 1.807) is 7.11 Å². The summed E-state index contributed by atoms with van der Waals surface area (Å²) in [6, 6.07) is 22.3. The first-order chi connectivity index (χ1) is 14.1. The highest BCUT2D eigenvalue weighted by molar-refractivity contribution is 6.30. The molecule has 2 aliphatic rings. The van der Waals surface area contributed by atoms with Crippen LogP contribution in [-0.2, 0) is 0 Å². The first-order valence-corrected chi connectivity index (χ1v) is 10.0. The van der Waals surface area contributed by atoms with Gasteiger partial charge in [0, 0.05) is 17.0 Å². The minimum absolute atomic E-state index is 0.0589. The van der Waals surface area contributed by atoms with Gasteiger partial charge >= 0.3 is 0 Å². The van der Waals surface area contributed by atoms with Crippen LogP contribution in [0.15, 0.2) is 71.8 Å². The van der Waals surface area contributed by atoms with E-state index in [1.165, 1.54) is 5.56 Å². The molecular weight excluding hydrogens is 384 g/mol. The summed E-state index contributed by atoms with van der Waals surface area (Å²) < 4.78 is 12.0. The summed E-state index contributed by atoms with van der Waals surface area (Å²) in [5, 5.41) is 7.75. The minimum Gasteiger partial charge on any atom is -0.496 e. The van der Waals surface area contributed by atoms with Crippen molar-refractivity contribution in [1.29, 1.82) is 0 Å². The van der Waals surface area contributed by atoms with E-state index in [9.17, 15) is 0 Å². The third-order valence-electron chi connectivity index (χ3n) is 5.54. The number of halogens is 1. The van der Waals surface area contributed by atoms with Crippen LogP contribution in [0.1, 0.15) is 40.9 Å². The van der Waals surface area contributed by atoms with E-state index in [4.69, 9.17) is 26.2 Å². The number of aryl methyl sites for hydroxylation is 1. The van der Waals surface area contributed by atoms with E-state index in [2.05, 4.69) is 31.2 Å². The molecule has 3 aromatic carbocycles. The molecule has 0 amide bonds. The average Bonchev–Trinajstić information content (AvgIpc) is 3.19. The lowest BCUT2D eigenvalue weighted by atomic mass is 9.95. The molecule has 0 radical (unpaired) electrons. The van der Waals surface area contributed by atoms with E-state index >= 15 is 0 Å². The van der Waals surface area contributed by atoms with Gasteiger partial charge in [0.05, 0.1) is 24.4 Å². The van der Waals surface area contributed by atoms with Crippen molar-refractivity contribution in [2.75, 3.05) is 7.11 Å². The number of fused-ring (bicyclic) bond motifs is 3. The number of benzene rings is 3. The van der Waals surface area contributed by atoms with Crippen LogP contribution in [0.5, 0.6) is 11.5 Å². The Morgan fingerprint density at radius 3 is 2.62 bits per heavy atom. The number of nitrogens with zero attached hydrogens (tertiary/aromatic N) is 2. The van der Waals surface area contributed by atoms with Crippen LogP contribution in [0.4, 0.5) is 0 Å². The molecule has 2 heterocycles. The van der Waals surface area contributed by atoms with E-state index in [0.29, 0.717) is 5.02 Å². The summed E-state index contributed by atoms with van der Waals surface area (Å²) in [7, 11) is 1.68. The summed E-state index contributed by atoms with van der Waals surface area (Å²) in [5.41, 5.74) is 5.43. The Bertz CT molecular complexity index is 1090. The van der Waals surface area contributed by atoms with Crippen molar-refractivity contribution in [3.05, 3.63) is 94.0 Å². The Hall–Kier alpha value is -2.98. The molecule has 0 fully saturated rings. The van der Waals surface area contributed by atoms with Crippen molar-refractivity contribution in [2.45, 2.75) is 25.6 Å². The van der Waals surface area contributed by atoms with Gasteiger partial charge in [0.25, 0.3) is 0 Å². The van der Waals surface area contributed by atoms with Crippen LogP contribution in [0.25, 0.3) is 0 Å². The topological polar surface area (TPSA) is 34.1 Å². The molecule has 5 heteroatoms. The van der Waals surface area contributed by atoms with Gasteiger partial charge in [0.15, 0.2) is 0 Å². The van der Waals surface area contributed by atoms with Gasteiger partial charge in [-0.3, -0.25) is 0 Å². The second-order valence-corrected chi connectivity index (χ2v) is 7.84. The SMILES string of the molecule is COc1ccccc1[C@@H]1Oc2ccc(Cl)cc2[C@H]2CC(c3ccc(C)cc3)=NN21. The number of methoxy groups -OCH3 is 1. The van der Waals surface area contributed by atoms with E-state index in [0.717, 1.165) is 40.3 Å². The second-order valence-electron chi connectivity index (χ2n) is 7.41. The Balaban J connectivity index is 1.62. The second kappa shape index (κ2) is 7.12. The molecule has 0 aromatic heterocycles. The van der Waals surface area contributed by atoms with Crippen LogP contribution in [-0.4, -0.2) is 17.8 Å². The molecule has 0 N–H and O–H groups in total. The largest absolute Gasteiger partial charge is 0.496 e. The average molecular weight is 405 g/mol. The summed E-state index contributed by atoms with van der Waals surface area (Å²) >= 11 is 6.31. The molecular formula is C24H21ClN2O2. The van der Waals surface area contributed by atoms with Gasteiger partial charge in [-0.25, -0.2) is 5.01 Å². The van der Waals surface area contributed by atoms with Crippen molar-refractivity contribution in [2.24, 2.45) is 5.10 Å². The maximum atomic E-state index is 6.41. The monoisotopic (exact) mass is 404 g/mol. The standard InChI is InChI=1S/C24H21ClN2O2/c1-15-7-9-16(10-8-15)20-14-21-19-13-17(25)11-12-23(19)29-24(27(21)26-20)18-5-3-4-6-22(18)28-2/h3-13,21,24H,14H2,1-2H3/t21-,24+/m1/s1. The molecule has 2 aliphatic heterocycles.